The van der Waals surface area contributed by atoms with Crippen molar-refractivity contribution in [2.45, 2.75) is 77.7 Å². The van der Waals surface area contributed by atoms with Gasteiger partial charge in [0.2, 0.25) is 0 Å². The summed E-state index contributed by atoms with van der Waals surface area (Å²) in [5, 5.41) is 5.23. The molecule has 1 aromatic rings. The highest BCUT2D eigenvalue weighted by Crippen LogP contribution is 2.40. The molecular weight excluding hydrogens is 276 g/mol. The van der Waals surface area contributed by atoms with Crippen molar-refractivity contribution in [3.05, 3.63) is 15.6 Å². The first-order chi connectivity index (χ1) is 10.3. The highest BCUT2D eigenvalue weighted by molar-refractivity contribution is 7.11. The van der Waals surface area contributed by atoms with Crippen LogP contribution < -0.4 is 5.32 Å². The minimum absolute atomic E-state index is 0.517. The second-order valence-electron chi connectivity index (χ2n) is 7.09. The van der Waals surface area contributed by atoms with E-state index in [-0.39, 0.29) is 0 Å². The van der Waals surface area contributed by atoms with Crippen LogP contribution in [0.2, 0.25) is 0 Å². The minimum Gasteiger partial charge on any atom is -0.308 e. The molecule has 0 bridgehead atoms. The van der Waals surface area contributed by atoms with Crippen LogP contribution in [0.1, 0.15) is 80.4 Å². The summed E-state index contributed by atoms with van der Waals surface area (Å²) in [4.78, 5) is 6.65. The van der Waals surface area contributed by atoms with Crippen molar-refractivity contribution >= 4 is 11.3 Å². The number of thiazole rings is 1. The van der Waals surface area contributed by atoms with E-state index in [1.165, 1.54) is 68.5 Å². The molecule has 0 amide bonds. The SMILES string of the molecule is CCCNC(c1nc2c(s1)CCCC2)C1CCCC(C)C1. The van der Waals surface area contributed by atoms with Gasteiger partial charge >= 0.3 is 0 Å². The molecule has 1 fully saturated rings. The summed E-state index contributed by atoms with van der Waals surface area (Å²) in [6.07, 6.45) is 12.0. The van der Waals surface area contributed by atoms with Crippen LogP contribution in [0.25, 0.3) is 0 Å². The maximum Gasteiger partial charge on any atom is 0.110 e. The Bertz CT molecular complexity index is 431. The Kier molecular flexibility index (Phi) is 5.33. The zero-order chi connectivity index (χ0) is 14.7. The molecule has 0 radical (unpaired) electrons. The zero-order valence-corrected chi connectivity index (χ0v) is 14.5. The third kappa shape index (κ3) is 3.68. The third-order valence-electron chi connectivity index (χ3n) is 5.19. The van der Waals surface area contributed by atoms with Crippen LogP contribution in [0.4, 0.5) is 0 Å². The van der Waals surface area contributed by atoms with E-state index < -0.39 is 0 Å². The van der Waals surface area contributed by atoms with Gasteiger partial charge in [-0.1, -0.05) is 26.7 Å². The lowest BCUT2D eigenvalue weighted by Gasteiger charge is -2.33. The molecule has 21 heavy (non-hydrogen) atoms. The largest absolute Gasteiger partial charge is 0.308 e. The molecule has 0 spiro atoms. The van der Waals surface area contributed by atoms with Crippen LogP contribution in [0.5, 0.6) is 0 Å². The summed E-state index contributed by atoms with van der Waals surface area (Å²) in [6, 6.07) is 0.517. The van der Waals surface area contributed by atoms with Gasteiger partial charge in [0.15, 0.2) is 0 Å². The molecule has 3 rings (SSSR count). The first-order valence-corrected chi connectivity index (χ1v) is 9.81. The van der Waals surface area contributed by atoms with Gasteiger partial charge < -0.3 is 5.32 Å². The number of rotatable bonds is 5. The number of fused-ring (bicyclic) bond motifs is 1. The van der Waals surface area contributed by atoms with Crippen LogP contribution in [0.3, 0.4) is 0 Å². The fourth-order valence-corrected chi connectivity index (χ4v) is 5.37. The Hall–Kier alpha value is -0.410. The lowest BCUT2D eigenvalue weighted by Crippen LogP contribution is -2.31. The zero-order valence-electron chi connectivity index (χ0n) is 13.7. The van der Waals surface area contributed by atoms with Gasteiger partial charge in [0.1, 0.15) is 5.01 Å². The Morgan fingerprint density at radius 1 is 1.24 bits per heavy atom. The Labute approximate surface area is 133 Å². The van der Waals surface area contributed by atoms with Crippen molar-refractivity contribution in [1.82, 2.24) is 10.3 Å². The molecule has 3 unspecified atom stereocenters. The molecule has 0 aromatic carbocycles. The summed E-state index contributed by atoms with van der Waals surface area (Å²) in [6.45, 7) is 5.82. The van der Waals surface area contributed by atoms with Gasteiger partial charge in [-0.3, -0.25) is 0 Å². The van der Waals surface area contributed by atoms with Crippen LogP contribution in [0.15, 0.2) is 0 Å². The van der Waals surface area contributed by atoms with Crippen molar-refractivity contribution in [3.8, 4) is 0 Å². The molecule has 1 aromatic heterocycles. The van der Waals surface area contributed by atoms with Crippen molar-refractivity contribution in [1.29, 1.82) is 0 Å². The van der Waals surface area contributed by atoms with Crippen LogP contribution >= 0.6 is 11.3 Å². The van der Waals surface area contributed by atoms with Crippen molar-refractivity contribution in [3.63, 3.8) is 0 Å². The lowest BCUT2D eigenvalue weighted by atomic mass is 9.78. The summed E-state index contributed by atoms with van der Waals surface area (Å²) in [5.41, 5.74) is 1.42. The van der Waals surface area contributed by atoms with Gasteiger partial charge in [0, 0.05) is 4.88 Å². The van der Waals surface area contributed by atoms with Crippen LogP contribution in [-0.4, -0.2) is 11.5 Å². The Balaban J connectivity index is 1.79. The molecule has 0 saturated heterocycles. The van der Waals surface area contributed by atoms with Crippen LogP contribution in [0, 0.1) is 11.8 Å². The molecule has 118 valence electrons. The standard InChI is InChI=1S/C18H30N2S/c1-3-11-19-17(14-8-6-7-13(2)12-14)18-20-15-9-4-5-10-16(15)21-18/h13-14,17,19H,3-12H2,1-2H3. The predicted octanol–water partition coefficient (Wildman–Crippen LogP) is 4.89. The average Bonchev–Trinajstić information content (AvgIpc) is 2.91. The number of hydrogen-bond donors (Lipinski definition) is 1. The molecule has 1 saturated carbocycles. The first-order valence-electron chi connectivity index (χ1n) is 8.99. The molecule has 1 heterocycles. The summed E-state index contributed by atoms with van der Waals surface area (Å²) in [7, 11) is 0. The quantitative estimate of drug-likeness (QED) is 0.838. The summed E-state index contributed by atoms with van der Waals surface area (Å²) >= 11 is 2.02. The lowest BCUT2D eigenvalue weighted by molar-refractivity contribution is 0.223. The molecule has 2 aliphatic carbocycles. The molecule has 3 atom stereocenters. The number of aryl methyl sites for hydroxylation is 2. The second kappa shape index (κ2) is 7.23. The monoisotopic (exact) mass is 306 g/mol. The number of aromatic nitrogens is 1. The van der Waals surface area contributed by atoms with Gasteiger partial charge in [0.05, 0.1) is 11.7 Å². The molecule has 1 N–H and O–H groups in total. The van der Waals surface area contributed by atoms with E-state index >= 15 is 0 Å². The second-order valence-corrected chi connectivity index (χ2v) is 8.21. The predicted molar refractivity (Wildman–Crippen MR) is 90.9 cm³/mol. The molecular formula is C18H30N2S. The maximum atomic E-state index is 5.06. The molecule has 3 heteroatoms. The van der Waals surface area contributed by atoms with Crippen LogP contribution in [-0.2, 0) is 12.8 Å². The van der Waals surface area contributed by atoms with E-state index in [2.05, 4.69) is 19.2 Å². The van der Waals surface area contributed by atoms with E-state index in [4.69, 9.17) is 4.98 Å². The number of hydrogen-bond acceptors (Lipinski definition) is 3. The fourth-order valence-electron chi connectivity index (χ4n) is 4.04. The van der Waals surface area contributed by atoms with Crippen molar-refractivity contribution in [2.24, 2.45) is 11.8 Å². The minimum atomic E-state index is 0.517. The number of nitrogens with zero attached hydrogens (tertiary/aromatic N) is 1. The van der Waals surface area contributed by atoms with Crippen molar-refractivity contribution in [2.75, 3.05) is 6.54 Å². The molecule has 0 aliphatic heterocycles. The third-order valence-corrected chi connectivity index (χ3v) is 6.43. The number of nitrogens with one attached hydrogen (secondary N) is 1. The van der Waals surface area contributed by atoms with E-state index in [1.807, 2.05) is 11.3 Å². The maximum absolute atomic E-state index is 5.06. The highest BCUT2D eigenvalue weighted by atomic mass is 32.1. The molecule has 2 nitrogen and oxygen atoms in total. The Morgan fingerprint density at radius 3 is 2.86 bits per heavy atom. The van der Waals surface area contributed by atoms with E-state index in [1.54, 1.807) is 4.88 Å². The van der Waals surface area contributed by atoms with Gasteiger partial charge in [0.25, 0.3) is 0 Å². The Morgan fingerprint density at radius 2 is 2.10 bits per heavy atom. The molecule has 2 aliphatic rings. The smallest absolute Gasteiger partial charge is 0.110 e. The van der Waals surface area contributed by atoms with Gasteiger partial charge in [-0.25, -0.2) is 4.98 Å². The summed E-state index contributed by atoms with van der Waals surface area (Å²) < 4.78 is 0. The van der Waals surface area contributed by atoms with E-state index in [0.29, 0.717) is 6.04 Å². The van der Waals surface area contributed by atoms with Gasteiger partial charge in [-0.15, -0.1) is 11.3 Å². The topological polar surface area (TPSA) is 24.9 Å². The van der Waals surface area contributed by atoms with Gasteiger partial charge in [-0.05, 0) is 63.3 Å². The fraction of sp³-hybridized carbons (Fsp3) is 0.833. The highest BCUT2D eigenvalue weighted by Gasteiger charge is 2.30. The average molecular weight is 307 g/mol. The first kappa shape index (κ1) is 15.5. The van der Waals surface area contributed by atoms with Crippen molar-refractivity contribution < 1.29 is 0 Å². The normalized spacial score (nSPS) is 27.3. The van der Waals surface area contributed by atoms with Gasteiger partial charge in [-0.2, -0.15) is 0 Å². The van der Waals surface area contributed by atoms with E-state index in [9.17, 15) is 0 Å². The summed E-state index contributed by atoms with van der Waals surface area (Å²) in [5.74, 6) is 1.69. The van der Waals surface area contributed by atoms with E-state index in [0.717, 1.165) is 18.4 Å².